The predicted molar refractivity (Wildman–Crippen MR) is 123 cm³/mol. The fourth-order valence-electron chi connectivity index (χ4n) is 3.92. The molecular formula is C24H30N4O4. The third-order valence-electron chi connectivity index (χ3n) is 5.50. The van der Waals surface area contributed by atoms with Gasteiger partial charge in [-0.05, 0) is 56.5 Å². The minimum absolute atomic E-state index is 0.416. The maximum absolute atomic E-state index is 12.3. The van der Waals surface area contributed by atoms with Crippen LogP contribution < -0.4 is 10.1 Å². The van der Waals surface area contributed by atoms with E-state index in [0.29, 0.717) is 35.3 Å². The molecule has 0 atom stereocenters. The summed E-state index contributed by atoms with van der Waals surface area (Å²) in [7, 11) is 1.37. The number of nitrogens with one attached hydrogen (secondary N) is 1. The van der Waals surface area contributed by atoms with Crippen LogP contribution in [-0.2, 0) is 16.0 Å². The van der Waals surface area contributed by atoms with E-state index >= 15 is 0 Å². The van der Waals surface area contributed by atoms with Crippen molar-refractivity contribution in [3.63, 3.8) is 0 Å². The van der Waals surface area contributed by atoms with Crippen LogP contribution in [0.1, 0.15) is 41.4 Å². The fraction of sp³-hybridized carbons (Fsp3) is 0.458. The van der Waals surface area contributed by atoms with E-state index in [0.717, 1.165) is 55.2 Å². The molecule has 2 aromatic heterocycles. The number of hydrogen-bond acceptors (Lipinski definition) is 7. The van der Waals surface area contributed by atoms with Gasteiger partial charge >= 0.3 is 5.97 Å². The standard InChI is InChI=1S/C24H30N4O4/c1-5-7-28-22-19(26-24(28)27-21-10-15(2)9-16(3)25-21)11-18(23(29)30-4)12-20(22)32-8-6-17-13-31-14-17/h9-12,17H,5-8,13-14H2,1-4H3,(H,25,26,27). The molecule has 8 nitrogen and oxygen atoms in total. The summed E-state index contributed by atoms with van der Waals surface area (Å²) in [6.45, 7) is 8.98. The van der Waals surface area contributed by atoms with Crippen molar-refractivity contribution in [3.05, 3.63) is 41.1 Å². The zero-order chi connectivity index (χ0) is 22.7. The van der Waals surface area contributed by atoms with Crippen molar-refractivity contribution < 1.29 is 19.0 Å². The minimum Gasteiger partial charge on any atom is -0.491 e. The van der Waals surface area contributed by atoms with E-state index in [1.807, 2.05) is 26.0 Å². The van der Waals surface area contributed by atoms with E-state index in [-0.39, 0.29) is 0 Å². The second kappa shape index (κ2) is 9.56. The lowest BCUT2D eigenvalue weighted by Crippen LogP contribution is -2.28. The Labute approximate surface area is 187 Å². The van der Waals surface area contributed by atoms with Crippen molar-refractivity contribution in [1.82, 2.24) is 14.5 Å². The first kappa shape index (κ1) is 22.1. The fourth-order valence-corrected chi connectivity index (χ4v) is 3.92. The van der Waals surface area contributed by atoms with E-state index in [1.165, 1.54) is 7.11 Å². The summed E-state index contributed by atoms with van der Waals surface area (Å²) in [4.78, 5) is 21.7. The smallest absolute Gasteiger partial charge is 0.338 e. The molecule has 3 aromatic rings. The van der Waals surface area contributed by atoms with Crippen molar-refractivity contribution in [1.29, 1.82) is 0 Å². The van der Waals surface area contributed by atoms with Gasteiger partial charge in [0.05, 0.1) is 38.0 Å². The number of imidazole rings is 1. The molecule has 170 valence electrons. The van der Waals surface area contributed by atoms with Gasteiger partial charge in [-0.25, -0.2) is 14.8 Å². The van der Waals surface area contributed by atoms with Crippen LogP contribution in [0.3, 0.4) is 0 Å². The molecule has 8 heteroatoms. The van der Waals surface area contributed by atoms with Crippen molar-refractivity contribution in [2.45, 2.75) is 40.2 Å². The summed E-state index contributed by atoms with van der Waals surface area (Å²) < 4.78 is 18.5. The van der Waals surface area contributed by atoms with E-state index in [1.54, 1.807) is 12.1 Å². The summed E-state index contributed by atoms with van der Waals surface area (Å²) in [5, 5.41) is 3.36. The number of aromatic nitrogens is 3. The monoisotopic (exact) mass is 438 g/mol. The molecule has 0 aliphatic carbocycles. The number of ether oxygens (including phenoxy) is 3. The number of anilines is 2. The van der Waals surface area contributed by atoms with Crippen molar-refractivity contribution in [2.75, 3.05) is 32.2 Å². The van der Waals surface area contributed by atoms with Crippen molar-refractivity contribution in [2.24, 2.45) is 5.92 Å². The molecule has 0 saturated carbocycles. The number of carbonyl (C=O) groups excluding carboxylic acids is 1. The first-order chi connectivity index (χ1) is 15.5. The number of nitrogens with zero attached hydrogens (tertiary/aromatic N) is 3. The number of esters is 1. The van der Waals surface area contributed by atoms with Gasteiger partial charge in [0.2, 0.25) is 5.95 Å². The largest absolute Gasteiger partial charge is 0.491 e. The topological polar surface area (TPSA) is 87.5 Å². The summed E-state index contributed by atoms with van der Waals surface area (Å²) in [6, 6.07) is 7.51. The Morgan fingerprint density at radius 3 is 2.69 bits per heavy atom. The Kier molecular flexibility index (Phi) is 6.60. The third-order valence-corrected chi connectivity index (χ3v) is 5.50. The normalized spacial score (nSPS) is 13.8. The van der Waals surface area contributed by atoms with Crippen LogP contribution in [0.25, 0.3) is 11.0 Å². The lowest BCUT2D eigenvalue weighted by atomic mass is 10.1. The Hall–Kier alpha value is -3.13. The highest BCUT2D eigenvalue weighted by atomic mass is 16.5. The van der Waals surface area contributed by atoms with Gasteiger partial charge in [0.15, 0.2) is 0 Å². The highest BCUT2D eigenvalue weighted by Crippen LogP contribution is 2.33. The van der Waals surface area contributed by atoms with Gasteiger partial charge in [0.1, 0.15) is 17.1 Å². The number of carbonyl (C=O) groups is 1. The van der Waals surface area contributed by atoms with Crippen LogP contribution in [0.4, 0.5) is 11.8 Å². The number of pyridine rings is 1. The van der Waals surface area contributed by atoms with E-state index < -0.39 is 5.97 Å². The third kappa shape index (κ3) is 4.70. The lowest BCUT2D eigenvalue weighted by molar-refractivity contribution is -0.0400. The van der Waals surface area contributed by atoms with Gasteiger partial charge in [0, 0.05) is 18.2 Å². The average molecular weight is 439 g/mol. The molecule has 1 N–H and O–H groups in total. The number of rotatable bonds is 9. The Morgan fingerprint density at radius 1 is 1.22 bits per heavy atom. The zero-order valence-electron chi connectivity index (χ0n) is 19.1. The van der Waals surface area contributed by atoms with Crippen molar-refractivity contribution in [3.8, 4) is 5.75 Å². The van der Waals surface area contributed by atoms with Gasteiger partial charge in [-0.2, -0.15) is 0 Å². The van der Waals surface area contributed by atoms with Crippen LogP contribution in [0, 0.1) is 19.8 Å². The van der Waals surface area contributed by atoms with Gasteiger partial charge in [-0.3, -0.25) is 0 Å². The van der Waals surface area contributed by atoms with Crippen LogP contribution in [-0.4, -0.2) is 47.4 Å². The summed E-state index contributed by atoms with van der Waals surface area (Å²) >= 11 is 0. The molecule has 32 heavy (non-hydrogen) atoms. The van der Waals surface area contributed by atoms with Gasteiger partial charge in [-0.1, -0.05) is 6.92 Å². The number of fused-ring (bicyclic) bond motifs is 1. The van der Waals surface area contributed by atoms with Crippen molar-refractivity contribution >= 4 is 28.8 Å². The highest BCUT2D eigenvalue weighted by molar-refractivity contribution is 5.97. The first-order valence-electron chi connectivity index (χ1n) is 11.0. The van der Waals surface area contributed by atoms with E-state index in [9.17, 15) is 4.79 Å². The molecule has 0 unspecified atom stereocenters. The molecule has 1 fully saturated rings. The molecule has 3 heterocycles. The second-order valence-corrected chi connectivity index (χ2v) is 8.26. The summed E-state index contributed by atoms with van der Waals surface area (Å²) in [5.74, 6) is 2.14. The van der Waals surface area contributed by atoms with Gasteiger partial charge < -0.3 is 24.1 Å². The van der Waals surface area contributed by atoms with Crippen LogP contribution in [0.5, 0.6) is 5.75 Å². The Bertz CT molecular complexity index is 1100. The molecule has 0 bridgehead atoms. The van der Waals surface area contributed by atoms with Crippen LogP contribution in [0.15, 0.2) is 24.3 Å². The molecule has 4 rings (SSSR count). The molecule has 1 aliphatic rings. The number of aryl methyl sites for hydroxylation is 3. The highest BCUT2D eigenvalue weighted by Gasteiger charge is 2.21. The maximum Gasteiger partial charge on any atom is 0.338 e. The zero-order valence-corrected chi connectivity index (χ0v) is 19.1. The summed E-state index contributed by atoms with van der Waals surface area (Å²) in [5.41, 5.74) is 4.00. The summed E-state index contributed by atoms with van der Waals surface area (Å²) in [6.07, 6.45) is 1.82. The molecule has 1 saturated heterocycles. The lowest BCUT2D eigenvalue weighted by Gasteiger charge is -2.25. The molecule has 0 amide bonds. The minimum atomic E-state index is -0.417. The molecule has 1 aromatic carbocycles. The maximum atomic E-state index is 12.3. The molecular weight excluding hydrogens is 408 g/mol. The van der Waals surface area contributed by atoms with E-state index in [4.69, 9.17) is 19.2 Å². The number of benzene rings is 1. The Balaban J connectivity index is 1.75. The second-order valence-electron chi connectivity index (χ2n) is 8.26. The molecule has 0 spiro atoms. The van der Waals surface area contributed by atoms with Crippen LogP contribution in [0.2, 0.25) is 0 Å². The SMILES string of the molecule is CCCn1c(Nc2cc(C)cc(C)n2)nc2cc(C(=O)OC)cc(OCCC3COC3)c21. The predicted octanol–water partition coefficient (Wildman–Crippen LogP) is 4.40. The quantitative estimate of drug-likeness (QED) is 0.495. The van der Waals surface area contributed by atoms with Gasteiger partial charge in [0.25, 0.3) is 0 Å². The average Bonchev–Trinajstić information content (AvgIpc) is 3.05. The first-order valence-corrected chi connectivity index (χ1v) is 11.0. The van der Waals surface area contributed by atoms with E-state index in [2.05, 4.69) is 21.8 Å². The molecule has 0 radical (unpaired) electrons. The number of methoxy groups -OCH3 is 1. The van der Waals surface area contributed by atoms with Gasteiger partial charge in [-0.15, -0.1) is 0 Å². The Morgan fingerprint density at radius 2 is 2.03 bits per heavy atom. The number of hydrogen-bond donors (Lipinski definition) is 1. The molecule has 1 aliphatic heterocycles. The van der Waals surface area contributed by atoms with Crippen LogP contribution >= 0.6 is 0 Å².